The molecule has 0 aliphatic carbocycles. The van der Waals surface area contributed by atoms with Gasteiger partial charge in [-0.15, -0.1) is 0 Å². The number of rotatable bonds is 9. The molecule has 0 aromatic rings. The van der Waals surface area contributed by atoms with Crippen LogP contribution in [0, 0.1) is 0 Å². The van der Waals surface area contributed by atoms with Crippen LogP contribution in [0.3, 0.4) is 0 Å². The van der Waals surface area contributed by atoms with Gasteiger partial charge in [0.1, 0.15) is 0 Å². The minimum atomic E-state index is -1.19. The van der Waals surface area contributed by atoms with Crippen LogP contribution >= 0.6 is 12.6 Å². The monoisotopic (exact) mass is 370 g/mol. The summed E-state index contributed by atoms with van der Waals surface area (Å²) in [6.45, 7) is -0.538. The molecular formula is C10H16N3O5SSe. The zero-order valence-electron chi connectivity index (χ0n) is 10.5. The van der Waals surface area contributed by atoms with Gasteiger partial charge in [0, 0.05) is 0 Å². The fraction of sp³-hybridized carbons (Fsp3) is 0.600. The molecule has 0 saturated heterocycles. The summed E-state index contributed by atoms with van der Waals surface area (Å²) >= 11 is 6.14. The first-order chi connectivity index (χ1) is 9.27. The van der Waals surface area contributed by atoms with E-state index in [-0.39, 0.29) is 23.3 Å². The van der Waals surface area contributed by atoms with Crippen LogP contribution in [0.5, 0.6) is 0 Å². The fourth-order valence-electron chi connectivity index (χ4n) is 1.15. The molecule has 2 amide bonds. The molecule has 1 radical (unpaired) electrons. The van der Waals surface area contributed by atoms with E-state index in [1.807, 2.05) is 0 Å². The van der Waals surface area contributed by atoms with Crippen molar-refractivity contribution in [3.63, 3.8) is 0 Å². The number of hydrogen-bond acceptors (Lipinski definition) is 6. The van der Waals surface area contributed by atoms with E-state index in [2.05, 4.69) is 39.3 Å². The average Bonchev–Trinajstić information content (AvgIpc) is 2.38. The number of hydrogen-bond donors (Lipinski definition) is 5. The SMILES string of the molecule is N[C@@H](CCC(=O)N[C@@H](CS)C(=O)NCC(=O)O)C(=O)[Se]. The second-order valence-electron chi connectivity index (χ2n) is 3.88. The van der Waals surface area contributed by atoms with E-state index in [4.69, 9.17) is 10.8 Å². The Balaban J connectivity index is 4.21. The second kappa shape index (κ2) is 9.76. The van der Waals surface area contributed by atoms with E-state index in [9.17, 15) is 19.2 Å². The van der Waals surface area contributed by atoms with Crippen molar-refractivity contribution < 1.29 is 24.3 Å². The fourth-order valence-corrected chi connectivity index (χ4v) is 1.66. The Labute approximate surface area is 129 Å². The third-order valence-electron chi connectivity index (χ3n) is 2.23. The summed E-state index contributed by atoms with van der Waals surface area (Å²) < 4.78 is -0.345. The van der Waals surface area contributed by atoms with Gasteiger partial charge in [0.25, 0.3) is 0 Å². The molecule has 0 aromatic heterocycles. The van der Waals surface area contributed by atoms with E-state index in [0.717, 1.165) is 0 Å². The Bertz CT molecular complexity index is 393. The molecule has 0 fully saturated rings. The molecule has 0 aliphatic heterocycles. The van der Waals surface area contributed by atoms with Crippen molar-refractivity contribution in [3.8, 4) is 0 Å². The van der Waals surface area contributed by atoms with Gasteiger partial charge in [0.15, 0.2) is 0 Å². The van der Waals surface area contributed by atoms with Crippen LogP contribution in [-0.2, 0) is 19.2 Å². The summed E-state index contributed by atoms with van der Waals surface area (Å²) in [6, 6.07) is -1.71. The van der Waals surface area contributed by atoms with Gasteiger partial charge in [-0.2, -0.15) is 0 Å². The predicted molar refractivity (Wildman–Crippen MR) is 74.4 cm³/mol. The Morgan fingerprint density at radius 3 is 2.35 bits per heavy atom. The van der Waals surface area contributed by atoms with Crippen molar-refractivity contribution in [3.05, 3.63) is 0 Å². The molecule has 2 atom stereocenters. The van der Waals surface area contributed by atoms with E-state index < -0.39 is 36.4 Å². The average molecular weight is 369 g/mol. The zero-order valence-corrected chi connectivity index (χ0v) is 13.1. The number of amides is 2. The van der Waals surface area contributed by atoms with Crippen LogP contribution in [0.25, 0.3) is 0 Å². The van der Waals surface area contributed by atoms with Crippen LogP contribution in [0.15, 0.2) is 0 Å². The maximum atomic E-state index is 11.6. The summed E-state index contributed by atoms with van der Waals surface area (Å²) in [5.74, 6) is -2.28. The van der Waals surface area contributed by atoms with Gasteiger partial charge in [0.2, 0.25) is 0 Å². The number of nitrogens with one attached hydrogen (secondary N) is 2. The van der Waals surface area contributed by atoms with Gasteiger partial charge >= 0.3 is 129 Å². The van der Waals surface area contributed by atoms with Gasteiger partial charge in [-0.3, -0.25) is 0 Å². The molecule has 0 unspecified atom stereocenters. The molecule has 0 aliphatic rings. The van der Waals surface area contributed by atoms with Crippen LogP contribution in [-0.4, -0.2) is 68.0 Å². The van der Waals surface area contributed by atoms with Crippen LogP contribution in [0.4, 0.5) is 0 Å². The summed E-state index contributed by atoms with van der Waals surface area (Å²) in [5.41, 5.74) is 5.45. The standard InChI is InChI=1S/C10H16N3O5SSe/c11-5(10(18)20)1-2-7(14)13-6(4-19)9(17)12-3-8(15)16/h5-6,19H,1-4,11H2,(H,12,17)(H,13,14)(H,15,16)/t5-,6-/m0/s1. The van der Waals surface area contributed by atoms with Crippen LogP contribution in [0.1, 0.15) is 12.8 Å². The zero-order chi connectivity index (χ0) is 15.7. The molecule has 8 nitrogen and oxygen atoms in total. The number of carbonyl (C=O) groups excluding carboxylic acids is 3. The third kappa shape index (κ3) is 8.15. The number of nitrogens with two attached hydrogens (primary N) is 1. The molecule has 0 aromatic carbocycles. The quantitative estimate of drug-likeness (QED) is 0.223. The maximum absolute atomic E-state index is 11.6. The van der Waals surface area contributed by atoms with Gasteiger partial charge < -0.3 is 0 Å². The molecule has 0 spiro atoms. The van der Waals surface area contributed by atoms with Gasteiger partial charge in [0.05, 0.1) is 0 Å². The first-order valence-corrected chi connectivity index (χ1v) is 7.13. The van der Waals surface area contributed by atoms with Crippen molar-refractivity contribution in [1.82, 2.24) is 10.6 Å². The van der Waals surface area contributed by atoms with E-state index >= 15 is 0 Å². The summed E-state index contributed by atoms with van der Waals surface area (Å²) in [6.07, 6.45) is 0.124. The van der Waals surface area contributed by atoms with Crippen molar-refractivity contribution in [2.75, 3.05) is 12.3 Å². The number of carboxylic acids is 1. The topological polar surface area (TPSA) is 139 Å². The number of thiol groups is 1. The predicted octanol–water partition coefficient (Wildman–Crippen LogP) is -2.60. The molecule has 0 rings (SSSR count). The van der Waals surface area contributed by atoms with E-state index in [1.54, 1.807) is 0 Å². The number of aliphatic carboxylic acids is 1. The van der Waals surface area contributed by atoms with Gasteiger partial charge in [-0.1, -0.05) is 0 Å². The van der Waals surface area contributed by atoms with Crippen molar-refractivity contribution in [1.29, 1.82) is 0 Å². The van der Waals surface area contributed by atoms with Gasteiger partial charge in [-0.05, 0) is 0 Å². The minimum absolute atomic E-state index is 0.0176. The first kappa shape index (κ1) is 18.9. The van der Waals surface area contributed by atoms with E-state index in [1.165, 1.54) is 0 Å². The number of carbonyl (C=O) groups is 4. The Morgan fingerprint density at radius 1 is 1.30 bits per heavy atom. The molecule has 5 N–H and O–H groups in total. The molecule has 113 valence electrons. The summed E-state index contributed by atoms with van der Waals surface area (Å²) in [5, 5.41) is 12.9. The summed E-state index contributed by atoms with van der Waals surface area (Å²) in [4.78, 5) is 44.3. The van der Waals surface area contributed by atoms with Crippen molar-refractivity contribution in [2.24, 2.45) is 5.73 Å². The van der Waals surface area contributed by atoms with Crippen molar-refractivity contribution in [2.45, 2.75) is 24.9 Å². The first-order valence-electron chi connectivity index (χ1n) is 5.64. The molecule has 20 heavy (non-hydrogen) atoms. The summed E-state index contributed by atoms with van der Waals surface area (Å²) in [7, 11) is 0. The Kier molecular flexibility index (Phi) is 9.22. The van der Waals surface area contributed by atoms with E-state index in [0.29, 0.717) is 0 Å². The third-order valence-corrected chi connectivity index (χ3v) is 3.23. The molecular weight excluding hydrogens is 353 g/mol. The van der Waals surface area contributed by atoms with Crippen LogP contribution < -0.4 is 16.4 Å². The Hall–Kier alpha value is -1.09. The molecule has 0 heterocycles. The molecule has 10 heteroatoms. The second-order valence-corrected chi connectivity index (χ2v) is 5.09. The molecule has 0 saturated carbocycles. The number of carboxylic acid groups (broad SMARTS) is 1. The van der Waals surface area contributed by atoms with Crippen molar-refractivity contribution >= 4 is 51.1 Å². The van der Waals surface area contributed by atoms with Crippen LogP contribution in [0.2, 0.25) is 0 Å². The van der Waals surface area contributed by atoms with Gasteiger partial charge in [-0.25, -0.2) is 0 Å². The normalized spacial score (nSPS) is 13.1. The molecule has 0 bridgehead atoms. The Morgan fingerprint density at radius 2 is 1.90 bits per heavy atom.